The fraction of sp³-hybridized carbons (Fsp3) is 0.548. The van der Waals surface area contributed by atoms with Crippen molar-refractivity contribution in [3.05, 3.63) is 58.2 Å². The third kappa shape index (κ3) is 6.74. The number of hydrazine groups is 1. The maximum absolute atomic E-state index is 14.4. The summed E-state index contributed by atoms with van der Waals surface area (Å²) in [5, 5.41) is 8.61. The summed E-state index contributed by atoms with van der Waals surface area (Å²) in [6.45, 7) is 14.0. The van der Waals surface area contributed by atoms with Gasteiger partial charge in [-0.15, -0.1) is 11.3 Å². The molecular weight excluding hydrogens is 701 g/mol. The lowest BCUT2D eigenvalue weighted by Crippen LogP contribution is -2.63. The number of methoxy groups -OCH3 is 1. The molecule has 6 bridgehead atoms. The number of esters is 1. The van der Waals surface area contributed by atoms with Gasteiger partial charge < -0.3 is 19.4 Å². The Bertz CT molecular complexity index is 2110. The van der Waals surface area contributed by atoms with Crippen molar-refractivity contribution >= 4 is 40.0 Å². The molecule has 4 aliphatic rings. The zero-order valence-corrected chi connectivity index (χ0v) is 33.2. The van der Waals surface area contributed by atoms with Gasteiger partial charge in [0.1, 0.15) is 12.1 Å². The molecule has 5 heterocycles. The van der Waals surface area contributed by atoms with Crippen LogP contribution in [0.1, 0.15) is 83.2 Å². The Labute approximate surface area is 321 Å². The third-order valence-corrected chi connectivity index (χ3v) is 13.4. The van der Waals surface area contributed by atoms with E-state index in [2.05, 4.69) is 74.2 Å². The van der Waals surface area contributed by atoms with Crippen molar-refractivity contribution in [3.8, 4) is 22.5 Å². The molecule has 2 aliphatic heterocycles. The van der Waals surface area contributed by atoms with Crippen molar-refractivity contribution in [2.45, 2.75) is 98.4 Å². The Morgan fingerprint density at radius 3 is 2.67 bits per heavy atom. The SMILES string of the molecule is CCn1c(-c2cccnc2C(C)OC)c2c3cc(ccc31)-c1csc(n1)CC(NC(=O)C1C(C)C1C)C(=O)N1CC3(CC3)CC(N1)C(=O)OCC(C)(C)C2. The Morgan fingerprint density at radius 2 is 1.96 bits per heavy atom. The van der Waals surface area contributed by atoms with Crippen molar-refractivity contribution < 1.29 is 23.9 Å². The first-order valence-electron chi connectivity index (χ1n) is 19.4. The fourth-order valence-corrected chi connectivity index (χ4v) is 9.64. The number of fused-ring (bicyclic) bond motifs is 6. The predicted molar refractivity (Wildman–Crippen MR) is 208 cm³/mol. The molecule has 2 saturated carbocycles. The van der Waals surface area contributed by atoms with Crippen LogP contribution >= 0.6 is 11.3 Å². The monoisotopic (exact) mass is 752 g/mol. The molecule has 54 heavy (non-hydrogen) atoms. The zero-order chi connectivity index (χ0) is 38.1. The van der Waals surface area contributed by atoms with E-state index in [1.807, 2.05) is 24.6 Å². The number of carbonyl (C=O) groups is 3. The number of thiazole rings is 1. The first-order valence-corrected chi connectivity index (χ1v) is 20.3. The van der Waals surface area contributed by atoms with Crippen LogP contribution in [0.2, 0.25) is 0 Å². The predicted octanol–water partition coefficient (Wildman–Crippen LogP) is 6.49. The maximum atomic E-state index is 14.4. The van der Waals surface area contributed by atoms with E-state index in [1.54, 1.807) is 12.1 Å². The minimum absolute atomic E-state index is 0.102. The van der Waals surface area contributed by atoms with E-state index < -0.39 is 17.5 Å². The minimum atomic E-state index is -0.828. The van der Waals surface area contributed by atoms with Crippen molar-refractivity contribution in [2.75, 3.05) is 20.3 Å². The van der Waals surface area contributed by atoms with Gasteiger partial charge in [-0.1, -0.05) is 33.8 Å². The quantitative estimate of drug-likeness (QED) is 0.214. The topological polar surface area (TPSA) is 128 Å². The number of benzene rings is 1. The zero-order valence-electron chi connectivity index (χ0n) is 32.4. The summed E-state index contributed by atoms with van der Waals surface area (Å²) >= 11 is 1.50. The molecule has 286 valence electrons. The Morgan fingerprint density at radius 1 is 1.19 bits per heavy atom. The molecular formula is C42H52N6O5S. The molecule has 5 atom stereocenters. The highest BCUT2D eigenvalue weighted by molar-refractivity contribution is 7.10. The van der Waals surface area contributed by atoms with E-state index in [9.17, 15) is 14.4 Å². The van der Waals surface area contributed by atoms with Gasteiger partial charge in [0.25, 0.3) is 5.91 Å². The molecule has 1 aromatic carbocycles. The minimum Gasteiger partial charge on any atom is -0.464 e. The van der Waals surface area contributed by atoms with E-state index in [-0.39, 0.29) is 60.1 Å². The molecule has 1 saturated heterocycles. The summed E-state index contributed by atoms with van der Waals surface area (Å²) in [5.74, 6) is -0.283. The van der Waals surface area contributed by atoms with Crippen LogP contribution in [0.15, 0.2) is 41.9 Å². The van der Waals surface area contributed by atoms with Crippen LogP contribution in [0.4, 0.5) is 0 Å². The number of carbonyl (C=O) groups excluding carboxylic acids is 3. The Hall–Kier alpha value is -4.13. The number of hydrogen-bond donors (Lipinski definition) is 2. The van der Waals surface area contributed by atoms with Crippen LogP contribution in [-0.4, -0.2) is 69.7 Å². The van der Waals surface area contributed by atoms with Crippen LogP contribution in [0.5, 0.6) is 0 Å². The molecule has 8 rings (SSSR count). The van der Waals surface area contributed by atoms with Gasteiger partial charge in [0.05, 0.1) is 34.8 Å². The van der Waals surface area contributed by atoms with E-state index in [4.69, 9.17) is 19.4 Å². The second kappa shape index (κ2) is 13.9. The molecule has 3 aromatic heterocycles. The van der Waals surface area contributed by atoms with Gasteiger partial charge in [0, 0.05) is 71.6 Å². The summed E-state index contributed by atoms with van der Waals surface area (Å²) in [7, 11) is 1.70. The summed E-state index contributed by atoms with van der Waals surface area (Å²) in [6, 6.07) is 9.10. The molecule has 0 radical (unpaired) electrons. The second-order valence-electron chi connectivity index (χ2n) is 17.0. The number of hydrogen-bond acceptors (Lipinski definition) is 9. The van der Waals surface area contributed by atoms with Crippen molar-refractivity contribution in [1.29, 1.82) is 0 Å². The first kappa shape index (κ1) is 36.8. The van der Waals surface area contributed by atoms with Gasteiger partial charge in [-0.2, -0.15) is 0 Å². The molecule has 1 spiro atoms. The number of nitrogens with one attached hydrogen (secondary N) is 2. The summed E-state index contributed by atoms with van der Waals surface area (Å²) in [6.07, 6.45) is 4.98. The number of aromatic nitrogens is 3. The lowest BCUT2D eigenvalue weighted by atomic mass is 9.84. The standard InChI is InChI=1S/C42H52N6O5S/c1-8-47-33-12-11-26-16-28(33)29(37(47)27-10-9-15-43-36(27)25(4)52-7)18-41(5,6)22-53-40(51)31-19-42(13-14-42)21-48(46-31)39(50)30(17-34-44-32(26)20-54-34)45-38(49)35-23(2)24(35)3/h9-12,15-16,20,23-25,30-31,35,46H,8,13-14,17-19,21-22H2,1-7H3,(H,45,49). The first-order chi connectivity index (χ1) is 25.8. The molecule has 4 aromatic rings. The molecule has 2 aliphatic carbocycles. The fourth-order valence-electron chi connectivity index (χ4n) is 8.79. The van der Waals surface area contributed by atoms with Gasteiger partial charge in [0.2, 0.25) is 5.91 Å². The number of amides is 2. The maximum Gasteiger partial charge on any atom is 0.325 e. The van der Waals surface area contributed by atoms with Crippen LogP contribution < -0.4 is 10.7 Å². The normalized spacial score (nSPS) is 26.6. The van der Waals surface area contributed by atoms with Crippen molar-refractivity contribution in [1.82, 2.24) is 30.3 Å². The number of pyridine rings is 1. The Balaban J connectivity index is 1.25. The highest BCUT2D eigenvalue weighted by Gasteiger charge is 2.53. The molecule has 2 amide bonds. The van der Waals surface area contributed by atoms with E-state index >= 15 is 0 Å². The highest BCUT2D eigenvalue weighted by atomic mass is 32.1. The van der Waals surface area contributed by atoms with E-state index in [1.165, 1.54) is 11.3 Å². The average molecular weight is 753 g/mol. The third-order valence-electron chi connectivity index (χ3n) is 12.5. The van der Waals surface area contributed by atoms with Crippen molar-refractivity contribution in [2.24, 2.45) is 28.6 Å². The molecule has 11 nitrogen and oxygen atoms in total. The van der Waals surface area contributed by atoms with Gasteiger partial charge in [-0.3, -0.25) is 24.4 Å². The number of nitrogens with zero attached hydrogens (tertiary/aromatic N) is 4. The lowest BCUT2D eigenvalue weighted by molar-refractivity contribution is -0.157. The molecule has 2 N–H and O–H groups in total. The summed E-state index contributed by atoms with van der Waals surface area (Å²) in [4.78, 5) is 51.7. The second-order valence-corrected chi connectivity index (χ2v) is 18.0. The largest absolute Gasteiger partial charge is 0.464 e. The number of cyclic esters (lactones) is 1. The number of rotatable bonds is 6. The van der Waals surface area contributed by atoms with E-state index in [0.29, 0.717) is 19.4 Å². The lowest BCUT2D eigenvalue weighted by Gasteiger charge is -2.39. The summed E-state index contributed by atoms with van der Waals surface area (Å²) in [5.41, 5.74) is 9.69. The van der Waals surface area contributed by atoms with Crippen LogP contribution in [0, 0.1) is 28.6 Å². The molecule has 3 fully saturated rings. The highest BCUT2D eigenvalue weighted by Crippen LogP contribution is 2.52. The van der Waals surface area contributed by atoms with Crippen LogP contribution in [-0.2, 0) is 43.2 Å². The Kier molecular flexibility index (Phi) is 9.46. The van der Waals surface area contributed by atoms with Crippen LogP contribution in [0.25, 0.3) is 33.4 Å². The molecule has 12 heteroatoms. The average Bonchev–Trinajstić information content (AvgIpc) is 3.91. The van der Waals surface area contributed by atoms with Crippen molar-refractivity contribution in [3.63, 3.8) is 0 Å². The molecule has 5 unspecified atom stereocenters. The van der Waals surface area contributed by atoms with E-state index in [0.717, 1.165) is 69.1 Å². The van der Waals surface area contributed by atoms with Gasteiger partial charge in [-0.05, 0) is 86.6 Å². The van der Waals surface area contributed by atoms with Crippen LogP contribution in [0.3, 0.4) is 0 Å². The smallest absolute Gasteiger partial charge is 0.325 e. The number of ether oxygens (including phenoxy) is 2. The van der Waals surface area contributed by atoms with Gasteiger partial charge in [-0.25, -0.2) is 10.4 Å². The summed E-state index contributed by atoms with van der Waals surface area (Å²) < 4.78 is 14.3. The van der Waals surface area contributed by atoms with Gasteiger partial charge >= 0.3 is 5.97 Å². The van der Waals surface area contributed by atoms with Gasteiger partial charge in [0.15, 0.2) is 0 Å². The number of aryl methyl sites for hydroxylation is 1.